The first kappa shape index (κ1) is 26.3. The third kappa shape index (κ3) is 5.96. The first-order chi connectivity index (χ1) is 17.2. The number of nitrogens with one attached hydrogen (secondary N) is 2. The lowest BCUT2D eigenvalue weighted by Gasteiger charge is -2.29. The number of hydrogen-bond donors (Lipinski definition) is 3. The number of fused-ring (bicyclic) bond motifs is 1. The van der Waals surface area contributed by atoms with Gasteiger partial charge in [0.15, 0.2) is 0 Å². The van der Waals surface area contributed by atoms with Crippen molar-refractivity contribution in [3.8, 4) is 0 Å². The molecule has 3 aromatic rings. The Morgan fingerprint density at radius 1 is 1.14 bits per heavy atom. The number of hydrogen-bond acceptors (Lipinski definition) is 4. The molecule has 0 aliphatic heterocycles. The van der Waals surface area contributed by atoms with E-state index < -0.39 is 10.0 Å². The highest BCUT2D eigenvalue weighted by molar-refractivity contribution is 7.89. The highest BCUT2D eigenvalue weighted by Gasteiger charge is 2.30. The number of nitrogens with zero attached hydrogens (tertiary/aromatic N) is 1. The number of benzene rings is 2. The molecule has 0 bridgehead atoms. The Kier molecular flexibility index (Phi) is 8.12. The van der Waals surface area contributed by atoms with Gasteiger partial charge < -0.3 is 15.0 Å². The summed E-state index contributed by atoms with van der Waals surface area (Å²) in [6, 6.07) is 10.8. The summed E-state index contributed by atoms with van der Waals surface area (Å²) in [7, 11) is -1.79. The molecule has 1 aliphatic carbocycles. The molecule has 36 heavy (non-hydrogen) atoms. The van der Waals surface area contributed by atoms with Crippen LogP contribution in [0.25, 0.3) is 10.9 Å². The maximum Gasteiger partial charge on any atom is 0.240 e. The van der Waals surface area contributed by atoms with Crippen LogP contribution in [0.3, 0.4) is 0 Å². The van der Waals surface area contributed by atoms with Crippen LogP contribution in [0.4, 0.5) is 4.39 Å². The quantitative estimate of drug-likeness (QED) is 0.402. The first-order valence-corrected chi connectivity index (χ1v) is 13.9. The van der Waals surface area contributed by atoms with E-state index in [0.29, 0.717) is 38.5 Å². The molecular formula is C27H34FN3O4S. The van der Waals surface area contributed by atoms with Gasteiger partial charge in [-0.05, 0) is 86.9 Å². The largest absolute Gasteiger partial charge is 0.396 e. The van der Waals surface area contributed by atoms with Gasteiger partial charge in [0, 0.05) is 42.7 Å². The molecule has 1 fully saturated rings. The normalized spacial score (nSPS) is 19.3. The lowest BCUT2D eigenvalue weighted by Crippen LogP contribution is -2.41. The van der Waals surface area contributed by atoms with E-state index in [9.17, 15) is 22.7 Å². The van der Waals surface area contributed by atoms with Crippen molar-refractivity contribution in [2.24, 2.45) is 13.0 Å². The molecule has 1 atom stereocenters. The second-order valence-corrected chi connectivity index (χ2v) is 11.4. The zero-order chi connectivity index (χ0) is 25.9. The summed E-state index contributed by atoms with van der Waals surface area (Å²) in [5.74, 6) is -0.551. The van der Waals surface area contributed by atoms with E-state index in [1.54, 1.807) is 24.3 Å². The van der Waals surface area contributed by atoms with E-state index in [1.165, 1.54) is 12.1 Å². The summed E-state index contributed by atoms with van der Waals surface area (Å²) >= 11 is 0. The minimum Gasteiger partial charge on any atom is -0.396 e. The van der Waals surface area contributed by atoms with Crippen molar-refractivity contribution in [1.29, 1.82) is 0 Å². The van der Waals surface area contributed by atoms with Crippen molar-refractivity contribution < 1.29 is 22.7 Å². The fourth-order valence-corrected chi connectivity index (χ4v) is 6.35. The summed E-state index contributed by atoms with van der Waals surface area (Å²) < 4.78 is 44.3. The number of aromatic nitrogens is 1. The number of halogens is 1. The van der Waals surface area contributed by atoms with Gasteiger partial charge in [-0.2, -0.15) is 0 Å². The van der Waals surface area contributed by atoms with Crippen LogP contribution in [0.15, 0.2) is 53.6 Å². The Morgan fingerprint density at radius 2 is 1.83 bits per heavy atom. The van der Waals surface area contributed by atoms with Crippen LogP contribution in [0, 0.1) is 11.7 Å². The molecule has 1 amide bonds. The van der Waals surface area contributed by atoms with Crippen LogP contribution < -0.4 is 10.0 Å². The molecule has 0 saturated heterocycles. The average molecular weight is 516 g/mol. The number of rotatable bonds is 9. The fourth-order valence-electron chi connectivity index (χ4n) is 5.02. The molecule has 194 valence electrons. The summed E-state index contributed by atoms with van der Waals surface area (Å²) in [6.07, 6.45) is 5.63. The molecule has 3 N–H and O–H groups in total. The Balaban J connectivity index is 1.36. The molecule has 0 spiro atoms. The van der Waals surface area contributed by atoms with Gasteiger partial charge in [0.1, 0.15) is 5.82 Å². The topological polar surface area (TPSA) is 100 Å². The average Bonchev–Trinajstić information content (AvgIpc) is 3.18. The SMILES string of the molecule is C[C@@H](NC(=O)[C@H]1CC[C@H](NS(=O)(=O)c2ccc3c(c2)c(CCCO)cn3C)CC1)c1ccc(F)cc1. The predicted molar refractivity (Wildman–Crippen MR) is 137 cm³/mol. The molecule has 1 aromatic heterocycles. The molecule has 1 saturated carbocycles. The van der Waals surface area contributed by atoms with E-state index >= 15 is 0 Å². The molecule has 0 radical (unpaired) electrons. The lowest BCUT2D eigenvalue weighted by molar-refractivity contribution is -0.126. The smallest absolute Gasteiger partial charge is 0.240 e. The monoisotopic (exact) mass is 515 g/mol. The van der Waals surface area contributed by atoms with Crippen molar-refractivity contribution >= 4 is 26.8 Å². The molecular weight excluding hydrogens is 481 g/mol. The first-order valence-electron chi connectivity index (χ1n) is 12.4. The number of carbonyl (C=O) groups excluding carboxylic acids is 1. The van der Waals surface area contributed by atoms with E-state index in [0.717, 1.165) is 22.0 Å². The van der Waals surface area contributed by atoms with Crippen LogP contribution in [-0.4, -0.2) is 36.6 Å². The molecule has 7 nitrogen and oxygen atoms in total. The molecule has 1 heterocycles. The van der Waals surface area contributed by atoms with Gasteiger partial charge >= 0.3 is 0 Å². The van der Waals surface area contributed by atoms with Gasteiger partial charge in [-0.25, -0.2) is 17.5 Å². The molecule has 0 unspecified atom stereocenters. The number of aliphatic hydroxyl groups is 1. The van der Waals surface area contributed by atoms with Gasteiger partial charge in [0.25, 0.3) is 0 Å². The van der Waals surface area contributed by atoms with E-state index in [4.69, 9.17) is 0 Å². The lowest BCUT2D eigenvalue weighted by atomic mass is 9.85. The minimum atomic E-state index is -3.72. The third-order valence-corrected chi connectivity index (χ3v) is 8.62. The number of aliphatic hydroxyl groups excluding tert-OH is 1. The molecule has 4 rings (SSSR count). The van der Waals surface area contributed by atoms with Crippen LogP contribution in [0.2, 0.25) is 0 Å². The van der Waals surface area contributed by atoms with Crippen molar-refractivity contribution in [1.82, 2.24) is 14.6 Å². The fraction of sp³-hybridized carbons (Fsp3) is 0.444. The standard InChI is InChI=1S/C27H34FN3O4S/c1-18(19-5-9-22(28)10-6-19)29-27(33)20-7-11-23(12-8-20)30-36(34,35)24-13-14-26-25(16-24)21(4-3-15-32)17-31(26)2/h5-6,9-10,13-14,16-18,20,23,30,32H,3-4,7-8,11-12,15H2,1-2H3,(H,29,33)/t18-,20-,23-/m1/s1. The molecule has 1 aliphatic rings. The number of carbonyl (C=O) groups is 1. The Labute approximate surface area is 211 Å². The van der Waals surface area contributed by atoms with E-state index in [1.807, 2.05) is 30.8 Å². The number of amides is 1. The maximum absolute atomic E-state index is 13.2. The zero-order valence-electron chi connectivity index (χ0n) is 20.7. The van der Waals surface area contributed by atoms with Gasteiger partial charge in [-0.15, -0.1) is 0 Å². The highest BCUT2D eigenvalue weighted by Crippen LogP contribution is 2.29. The summed E-state index contributed by atoms with van der Waals surface area (Å²) in [4.78, 5) is 13.0. The van der Waals surface area contributed by atoms with Crippen molar-refractivity contribution in [2.75, 3.05) is 6.61 Å². The summed E-state index contributed by atoms with van der Waals surface area (Å²) in [6.45, 7) is 1.95. The van der Waals surface area contributed by atoms with Crippen LogP contribution >= 0.6 is 0 Å². The molecule has 9 heteroatoms. The Hall–Kier alpha value is -2.75. The predicted octanol–water partition coefficient (Wildman–Crippen LogP) is 3.96. The van der Waals surface area contributed by atoms with Gasteiger partial charge in [0.05, 0.1) is 10.9 Å². The maximum atomic E-state index is 13.2. The zero-order valence-corrected chi connectivity index (χ0v) is 21.5. The van der Waals surface area contributed by atoms with Crippen molar-refractivity contribution in [2.45, 2.75) is 62.4 Å². The second-order valence-electron chi connectivity index (χ2n) is 9.72. The van der Waals surface area contributed by atoms with Crippen molar-refractivity contribution in [3.05, 3.63) is 65.6 Å². The number of aryl methyl sites for hydroxylation is 2. The van der Waals surface area contributed by atoms with Gasteiger partial charge in [0.2, 0.25) is 15.9 Å². The highest BCUT2D eigenvalue weighted by atomic mass is 32.2. The van der Waals surface area contributed by atoms with E-state index in [2.05, 4.69) is 10.0 Å². The van der Waals surface area contributed by atoms with Crippen LogP contribution in [0.5, 0.6) is 0 Å². The Bertz CT molecular complexity index is 1310. The van der Waals surface area contributed by atoms with Crippen LogP contribution in [-0.2, 0) is 28.3 Å². The summed E-state index contributed by atoms with van der Waals surface area (Å²) in [5, 5.41) is 13.1. The van der Waals surface area contributed by atoms with Gasteiger partial charge in [-0.3, -0.25) is 4.79 Å². The molecule has 2 aromatic carbocycles. The second kappa shape index (κ2) is 11.1. The minimum absolute atomic E-state index is 0.0573. The third-order valence-electron chi connectivity index (χ3n) is 7.11. The summed E-state index contributed by atoms with van der Waals surface area (Å²) in [5.41, 5.74) is 2.80. The van der Waals surface area contributed by atoms with E-state index in [-0.39, 0.29) is 41.2 Å². The van der Waals surface area contributed by atoms with Gasteiger partial charge in [-0.1, -0.05) is 12.1 Å². The number of sulfonamides is 1. The van der Waals surface area contributed by atoms with Crippen LogP contribution in [0.1, 0.15) is 56.2 Å². The Morgan fingerprint density at radius 3 is 2.50 bits per heavy atom. The van der Waals surface area contributed by atoms with Crippen molar-refractivity contribution in [3.63, 3.8) is 0 Å².